The van der Waals surface area contributed by atoms with Gasteiger partial charge in [0.1, 0.15) is 5.82 Å². The van der Waals surface area contributed by atoms with Gasteiger partial charge in [0.05, 0.1) is 11.6 Å². The van der Waals surface area contributed by atoms with Crippen molar-refractivity contribution >= 4 is 0 Å². The van der Waals surface area contributed by atoms with E-state index in [-0.39, 0.29) is 5.82 Å². The topological polar surface area (TPSA) is 23.8 Å². The Bertz CT molecular complexity index is 266. The zero-order chi connectivity index (χ0) is 9.56. The second kappa shape index (κ2) is 5.31. The Morgan fingerprint density at radius 1 is 1.25 bits per heavy atom. The van der Waals surface area contributed by atoms with Crippen molar-refractivity contribution in [3.05, 3.63) is 35.1 Å². The van der Waals surface area contributed by atoms with E-state index in [2.05, 4.69) is 0 Å². The molecule has 0 aliphatic carbocycles. The van der Waals surface area contributed by atoms with Crippen LogP contribution in [0.2, 0.25) is 0 Å². The van der Waals surface area contributed by atoms with Gasteiger partial charge in [0.2, 0.25) is 0 Å². The summed E-state index contributed by atoms with van der Waals surface area (Å²) in [6.07, 6.45) is 0. The smallest absolute Gasteiger partial charge is 0.124 e. The van der Waals surface area contributed by atoms with Crippen molar-refractivity contribution in [2.75, 3.05) is 0 Å². The van der Waals surface area contributed by atoms with Crippen LogP contribution in [0.3, 0.4) is 0 Å². The Morgan fingerprint density at radius 3 is 2.25 bits per heavy atom. The van der Waals surface area contributed by atoms with Crippen LogP contribution in [0.1, 0.15) is 25.0 Å². The third kappa shape index (κ3) is 3.16. The Labute approximate surface area is 72.5 Å². The molecule has 1 aromatic rings. The summed E-state index contributed by atoms with van der Waals surface area (Å²) in [4.78, 5) is 0. The lowest BCUT2D eigenvalue weighted by atomic mass is 10.1. The first-order valence-electron chi connectivity index (χ1n) is 3.89. The number of hydrogen-bond acceptors (Lipinski definition) is 1. The SMILES string of the molecule is CC.Cc1cc(F)cc(C#N)c1. The number of aryl methyl sites for hydroxylation is 1. The molecule has 2 heteroatoms. The van der Waals surface area contributed by atoms with Gasteiger partial charge in [0, 0.05) is 0 Å². The Balaban J connectivity index is 0.000000561. The Morgan fingerprint density at radius 2 is 1.83 bits per heavy atom. The van der Waals surface area contributed by atoms with E-state index < -0.39 is 0 Å². The second-order valence-corrected chi connectivity index (χ2v) is 2.13. The lowest BCUT2D eigenvalue weighted by Crippen LogP contribution is -1.80. The van der Waals surface area contributed by atoms with Crippen LogP contribution in [0.5, 0.6) is 0 Å². The molecule has 0 N–H and O–H groups in total. The first-order valence-corrected chi connectivity index (χ1v) is 3.89. The molecule has 0 saturated carbocycles. The van der Waals surface area contributed by atoms with Crippen LogP contribution in [0.15, 0.2) is 18.2 Å². The highest BCUT2D eigenvalue weighted by Gasteiger charge is 1.94. The number of benzene rings is 1. The molecule has 12 heavy (non-hydrogen) atoms. The quantitative estimate of drug-likeness (QED) is 0.579. The zero-order valence-electron chi connectivity index (χ0n) is 7.56. The maximum atomic E-state index is 12.5. The van der Waals surface area contributed by atoms with Gasteiger partial charge in [-0.2, -0.15) is 5.26 Å². The monoisotopic (exact) mass is 165 g/mol. The summed E-state index contributed by atoms with van der Waals surface area (Å²) in [6.45, 7) is 5.75. The van der Waals surface area contributed by atoms with Gasteiger partial charge < -0.3 is 0 Å². The summed E-state index contributed by atoms with van der Waals surface area (Å²) >= 11 is 0. The fourth-order valence-corrected chi connectivity index (χ4v) is 0.801. The van der Waals surface area contributed by atoms with Crippen molar-refractivity contribution in [3.8, 4) is 6.07 Å². The number of hydrogen-bond donors (Lipinski definition) is 0. The minimum atomic E-state index is -0.350. The molecule has 0 aliphatic rings. The first-order chi connectivity index (χ1) is 5.72. The minimum absolute atomic E-state index is 0.350. The highest BCUT2D eigenvalue weighted by molar-refractivity contribution is 5.32. The number of nitriles is 1. The van der Waals surface area contributed by atoms with Gasteiger partial charge in [0.15, 0.2) is 0 Å². The third-order valence-electron chi connectivity index (χ3n) is 1.17. The van der Waals surface area contributed by atoms with E-state index in [0.29, 0.717) is 5.56 Å². The minimum Gasteiger partial charge on any atom is -0.207 e. The van der Waals surface area contributed by atoms with Crippen molar-refractivity contribution in [3.63, 3.8) is 0 Å². The predicted octanol–water partition coefficient (Wildman–Crippen LogP) is 3.03. The van der Waals surface area contributed by atoms with Crippen LogP contribution in [0.25, 0.3) is 0 Å². The Kier molecular flexibility index (Phi) is 4.71. The van der Waals surface area contributed by atoms with E-state index in [1.807, 2.05) is 19.9 Å². The molecule has 0 radical (unpaired) electrons. The van der Waals surface area contributed by atoms with Gasteiger partial charge in [-0.15, -0.1) is 0 Å². The first kappa shape index (κ1) is 10.6. The van der Waals surface area contributed by atoms with E-state index in [4.69, 9.17) is 5.26 Å². The van der Waals surface area contributed by atoms with E-state index in [1.165, 1.54) is 12.1 Å². The second-order valence-electron chi connectivity index (χ2n) is 2.13. The van der Waals surface area contributed by atoms with Crippen LogP contribution < -0.4 is 0 Å². The largest absolute Gasteiger partial charge is 0.207 e. The average molecular weight is 165 g/mol. The summed E-state index contributed by atoms with van der Waals surface area (Å²) in [5.74, 6) is -0.350. The molecule has 64 valence electrons. The number of rotatable bonds is 0. The van der Waals surface area contributed by atoms with Gasteiger partial charge in [-0.25, -0.2) is 4.39 Å². The summed E-state index contributed by atoms with van der Waals surface area (Å²) in [5.41, 5.74) is 1.15. The fourth-order valence-electron chi connectivity index (χ4n) is 0.801. The summed E-state index contributed by atoms with van der Waals surface area (Å²) in [7, 11) is 0. The van der Waals surface area contributed by atoms with Crippen LogP contribution in [-0.2, 0) is 0 Å². The lowest BCUT2D eigenvalue weighted by molar-refractivity contribution is 0.626. The maximum absolute atomic E-state index is 12.5. The molecule has 0 fully saturated rings. The summed E-state index contributed by atoms with van der Waals surface area (Å²) in [6, 6.07) is 6.12. The molecule has 0 unspecified atom stereocenters. The summed E-state index contributed by atoms with van der Waals surface area (Å²) in [5, 5.41) is 8.37. The van der Waals surface area contributed by atoms with E-state index in [0.717, 1.165) is 5.56 Å². The van der Waals surface area contributed by atoms with Crippen LogP contribution in [-0.4, -0.2) is 0 Å². The lowest BCUT2D eigenvalue weighted by Gasteiger charge is -1.92. The average Bonchev–Trinajstić information content (AvgIpc) is 2.06. The maximum Gasteiger partial charge on any atom is 0.124 e. The highest BCUT2D eigenvalue weighted by Crippen LogP contribution is 2.06. The molecular formula is C10H12FN. The van der Waals surface area contributed by atoms with Gasteiger partial charge in [0.25, 0.3) is 0 Å². The van der Waals surface area contributed by atoms with Crippen LogP contribution in [0, 0.1) is 24.1 Å². The van der Waals surface area contributed by atoms with Crippen LogP contribution >= 0.6 is 0 Å². The molecule has 0 amide bonds. The predicted molar refractivity (Wildman–Crippen MR) is 47.2 cm³/mol. The molecule has 1 aromatic carbocycles. The highest BCUT2D eigenvalue weighted by atomic mass is 19.1. The van der Waals surface area contributed by atoms with Crippen LogP contribution in [0.4, 0.5) is 4.39 Å². The number of halogens is 1. The molecule has 1 rings (SSSR count). The molecule has 0 spiro atoms. The Hall–Kier alpha value is -1.36. The fraction of sp³-hybridized carbons (Fsp3) is 0.300. The molecule has 0 saturated heterocycles. The van der Waals surface area contributed by atoms with Crippen molar-refractivity contribution in [2.45, 2.75) is 20.8 Å². The summed E-state index contributed by atoms with van der Waals surface area (Å²) < 4.78 is 12.5. The molecule has 0 aromatic heterocycles. The third-order valence-corrected chi connectivity index (χ3v) is 1.17. The molecule has 0 aliphatic heterocycles. The molecule has 0 heterocycles. The van der Waals surface area contributed by atoms with Gasteiger partial charge in [-0.3, -0.25) is 0 Å². The van der Waals surface area contributed by atoms with E-state index >= 15 is 0 Å². The van der Waals surface area contributed by atoms with Crippen molar-refractivity contribution < 1.29 is 4.39 Å². The van der Waals surface area contributed by atoms with Gasteiger partial charge >= 0.3 is 0 Å². The van der Waals surface area contributed by atoms with E-state index in [9.17, 15) is 4.39 Å². The van der Waals surface area contributed by atoms with Gasteiger partial charge in [-0.05, 0) is 30.7 Å². The molecule has 0 bridgehead atoms. The van der Waals surface area contributed by atoms with Crippen molar-refractivity contribution in [1.82, 2.24) is 0 Å². The molecule has 0 atom stereocenters. The van der Waals surface area contributed by atoms with Crippen molar-refractivity contribution in [1.29, 1.82) is 5.26 Å². The zero-order valence-corrected chi connectivity index (χ0v) is 7.56. The van der Waals surface area contributed by atoms with Crippen molar-refractivity contribution in [2.24, 2.45) is 0 Å². The standard InChI is InChI=1S/C8H6FN.C2H6/c1-6-2-7(5-10)4-8(9)3-6;1-2/h2-4H,1H3;1-2H3. The molecule has 1 nitrogen and oxygen atoms in total. The molecular weight excluding hydrogens is 153 g/mol. The van der Waals surface area contributed by atoms with E-state index in [1.54, 1.807) is 13.0 Å². The normalized spacial score (nSPS) is 7.92. The number of nitrogens with zero attached hydrogens (tertiary/aromatic N) is 1. The van der Waals surface area contributed by atoms with Gasteiger partial charge in [-0.1, -0.05) is 13.8 Å².